The van der Waals surface area contributed by atoms with Crippen molar-refractivity contribution in [3.63, 3.8) is 0 Å². The van der Waals surface area contributed by atoms with Gasteiger partial charge in [-0.05, 0) is 27.7 Å². The number of rotatable bonds is 2. The Morgan fingerprint density at radius 2 is 1.81 bits per heavy atom. The predicted molar refractivity (Wildman–Crippen MR) is 64.4 cm³/mol. The van der Waals surface area contributed by atoms with Crippen LogP contribution in [0.3, 0.4) is 0 Å². The van der Waals surface area contributed by atoms with E-state index in [2.05, 4.69) is 5.32 Å². The maximum Gasteiger partial charge on any atom is 0.235 e. The number of hydroxylamine groups is 2. The quantitative estimate of drug-likeness (QED) is 0.551. The highest BCUT2D eigenvalue weighted by atomic mass is 35.5. The lowest BCUT2D eigenvalue weighted by Crippen LogP contribution is -3.23. The van der Waals surface area contributed by atoms with E-state index in [1.165, 1.54) is 0 Å². The number of hydrogen-bond acceptors (Lipinski definition) is 2. The highest BCUT2D eigenvalue weighted by Crippen LogP contribution is 2.23. The lowest BCUT2D eigenvalue weighted by Gasteiger charge is -2.54. The van der Waals surface area contributed by atoms with Crippen LogP contribution in [0.2, 0.25) is 0 Å². The van der Waals surface area contributed by atoms with Crippen LogP contribution in [0.4, 0.5) is 0 Å². The van der Waals surface area contributed by atoms with Gasteiger partial charge in [0.25, 0.3) is 0 Å². The molecule has 16 heavy (non-hydrogen) atoms. The summed E-state index contributed by atoms with van der Waals surface area (Å²) in [7, 11) is 0. The first kappa shape index (κ1) is 13.7. The van der Waals surface area contributed by atoms with Gasteiger partial charge in [-0.25, -0.2) is 0 Å². The molecule has 5 heteroatoms. The molecule has 0 aromatic heterocycles. The van der Waals surface area contributed by atoms with Crippen molar-refractivity contribution in [3.05, 3.63) is 5.21 Å². The van der Waals surface area contributed by atoms with E-state index in [1.54, 1.807) is 0 Å². The molecule has 0 atom stereocenters. The summed E-state index contributed by atoms with van der Waals surface area (Å²) in [6.45, 7) is 7.76. The van der Waals surface area contributed by atoms with Gasteiger partial charge in [-0.1, -0.05) is 0 Å². The van der Waals surface area contributed by atoms with Crippen LogP contribution in [0.25, 0.3) is 0 Å². The molecule has 4 nitrogen and oxygen atoms in total. The number of amides is 1. The van der Waals surface area contributed by atoms with Crippen LogP contribution < -0.4 is 10.4 Å². The number of halogens is 1. The lowest BCUT2D eigenvalue weighted by atomic mass is 9.79. The Labute approximate surface area is 102 Å². The molecule has 2 N–H and O–H groups in total. The molecular formula is C11H21ClN2O2. The molecular weight excluding hydrogens is 228 g/mol. The maximum absolute atomic E-state index is 12.1. The Kier molecular flexibility index (Phi) is 3.87. The van der Waals surface area contributed by atoms with E-state index in [1.807, 2.05) is 27.7 Å². The molecule has 0 aromatic carbocycles. The molecule has 1 rings (SSSR count). The van der Waals surface area contributed by atoms with E-state index in [0.717, 1.165) is 0 Å². The number of carbonyl (C=O) groups is 1. The smallest absolute Gasteiger partial charge is 0.235 e. The minimum absolute atomic E-state index is 0.0225. The van der Waals surface area contributed by atoms with Gasteiger partial charge in [0.15, 0.2) is 0 Å². The number of alkyl halides is 1. The fraction of sp³-hybridized carbons (Fsp3) is 0.909. The molecule has 1 amide bonds. The Hall–Kier alpha value is -0.320. The molecule has 1 aliphatic heterocycles. The van der Waals surface area contributed by atoms with Crippen LogP contribution in [-0.2, 0) is 4.79 Å². The summed E-state index contributed by atoms with van der Waals surface area (Å²) in [4.78, 5) is 11.3. The molecule has 0 unspecified atom stereocenters. The Bertz CT molecular complexity index is 261. The number of quaternary nitrogens is 1. The minimum Gasteiger partial charge on any atom is -0.634 e. The molecule has 0 aliphatic carbocycles. The standard InChI is InChI=1S/C11H21ClN2O2/c1-10(2)5-8(13-9(15)7-12)6-11(3,4)14(10)16/h8,14H,5-7H2,1-4H3,(H,13,15). The number of hydrogen-bond donors (Lipinski definition) is 2. The second-order valence-electron chi connectivity index (χ2n) is 5.90. The molecule has 0 spiro atoms. The van der Waals surface area contributed by atoms with Gasteiger partial charge < -0.3 is 15.6 Å². The van der Waals surface area contributed by atoms with Gasteiger partial charge in [-0.15, -0.1) is 11.6 Å². The zero-order chi connectivity index (χ0) is 12.6. The van der Waals surface area contributed by atoms with Crippen molar-refractivity contribution in [1.29, 1.82) is 0 Å². The van der Waals surface area contributed by atoms with E-state index in [9.17, 15) is 10.0 Å². The first-order valence-corrected chi connectivity index (χ1v) is 6.13. The normalized spacial score (nSPS) is 32.1. The Morgan fingerprint density at radius 3 is 2.19 bits per heavy atom. The van der Waals surface area contributed by atoms with Gasteiger partial charge in [-0.2, -0.15) is 0 Å². The van der Waals surface area contributed by atoms with Gasteiger partial charge in [-0.3, -0.25) is 4.79 Å². The molecule has 1 fully saturated rings. The van der Waals surface area contributed by atoms with Crippen LogP contribution >= 0.6 is 11.6 Å². The topological polar surface area (TPSA) is 56.6 Å². The number of piperidine rings is 1. The van der Waals surface area contributed by atoms with E-state index in [-0.39, 0.29) is 34.0 Å². The molecule has 0 saturated carbocycles. The molecule has 0 radical (unpaired) electrons. The second kappa shape index (κ2) is 4.51. The summed E-state index contributed by atoms with van der Waals surface area (Å²) >= 11 is 5.46. The van der Waals surface area contributed by atoms with Crippen molar-refractivity contribution in [1.82, 2.24) is 5.32 Å². The highest BCUT2D eigenvalue weighted by molar-refractivity contribution is 6.27. The zero-order valence-corrected chi connectivity index (χ0v) is 11.1. The van der Waals surface area contributed by atoms with Crippen LogP contribution in [0.1, 0.15) is 40.5 Å². The summed E-state index contributed by atoms with van der Waals surface area (Å²) in [5.74, 6) is -0.182. The Morgan fingerprint density at radius 1 is 1.38 bits per heavy atom. The minimum atomic E-state index is -0.369. The van der Waals surface area contributed by atoms with Crippen molar-refractivity contribution >= 4 is 17.5 Å². The average Bonchev–Trinajstić information content (AvgIpc) is 2.13. The lowest BCUT2D eigenvalue weighted by molar-refractivity contribution is -0.955. The van der Waals surface area contributed by atoms with Crippen LogP contribution in [0, 0.1) is 5.21 Å². The first-order chi connectivity index (χ1) is 7.19. The number of nitrogens with one attached hydrogen (secondary N) is 2. The van der Waals surface area contributed by atoms with Crippen molar-refractivity contribution in [2.75, 3.05) is 5.88 Å². The van der Waals surface area contributed by atoms with Gasteiger partial charge >= 0.3 is 0 Å². The van der Waals surface area contributed by atoms with Gasteiger partial charge in [0, 0.05) is 18.9 Å². The van der Waals surface area contributed by atoms with Crippen molar-refractivity contribution in [3.8, 4) is 0 Å². The van der Waals surface area contributed by atoms with Gasteiger partial charge in [0.1, 0.15) is 5.88 Å². The SMILES string of the molecule is CC1(C)CC(NC(=O)CCl)CC(C)(C)[NH+]1[O-]. The summed E-state index contributed by atoms with van der Waals surface area (Å²) in [6.07, 6.45) is 1.38. The van der Waals surface area contributed by atoms with Gasteiger partial charge in [0.05, 0.1) is 11.1 Å². The molecule has 0 bridgehead atoms. The Balaban J connectivity index is 2.75. The summed E-state index contributed by atoms with van der Waals surface area (Å²) in [5.41, 5.74) is -0.738. The second-order valence-corrected chi connectivity index (χ2v) is 6.17. The third-order valence-electron chi connectivity index (χ3n) is 3.23. The molecule has 1 saturated heterocycles. The summed E-state index contributed by atoms with van der Waals surface area (Å²) in [6, 6.07) is 0.0500. The highest BCUT2D eigenvalue weighted by Gasteiger charge is 2.45. The average molecular weight is 249 g/mol. The maximum atomic E-state index is 12.1. The predicted octanol–water partition coefficient (Wildman–Crippen LogP) is 0.444. The monoisotopic (exact) mass is 248 g/mol. The molecule has 94 valence electrons. The van der Waals surface area contributed by atoms with E-state index in [4.69, 9.17) is 11.6 Å². The van der Waals surface area contributed by atoms with E-state index < -0.39 is 0 Å². The zero-order valence-electron chi connectivity index (χ0n) is 10.4. The summed E-state index contributed by atoms with van der Waals surface area (Å²) in [5, 5.41) is 15.3. The third kappa shape index (κ3) is 2.87. The van der Waals surface area contributed by atoms with Crippen LogP contribution in [0.5, 0.6) is 0 Å². The van der Waals surface area contributed by atoms with Gasteiger partial charge in [0.2, 0.25) is 5.91 Å². The largest absolute Gasteiger partial charge is 0.634 e. The van der Waals surface area contributed by atoms with Crippen LogP contribution in [0.15, 0.2) is 0 Å². The van der Waals surface area contributed by atoms with Crippen molar-refractivity contribution < 1.29 is 9.86 Å². The van der Waals surface area contributed by atoms with Crippen molar-refractivity contribution in [2.45, 2.75) is 57.7 Å². The number of carbonyl (C=O) groups excluding carboxylic acids is 1. The summed E-state index contributed by atoms with van der Waals surface area (Å²) < 4.78 is 0. The van der Waals surface area contributed by atoms with Crippen molar-refractivity contribution in [2.24, 2.45) is 0 Å². The third-order valence-corrected chi connectivity index (χ3v) is 3.47. The van der Waals surface area contributed by atoms with E-state index in [0.29, 0.717) is 12.8 Å². The van der Waals surface area contributed by atoms with E-state index >= 15 is 0 Å². The first-order valence-electron chi connectivity index (χ1n) is 5.59. The molecule has 0 aromatic rings. The fourth-order valence-electron chi connectivity index (χ4n) is 2.77. The molecule has 1 heterocycles. The fourth-order valence-corrected chi connectivity index (χ4v) is 2.85. The molecule has 1 aliphatic rings. The van der Waals surface area contributed by atoms with Crippen LogP contribution in [-0.4, -0.2) is 28.9 Å².